The number of amides is 3. The molecule has 23 heavy (non-hydrogen) atoms. The van der Waals surface area contributed by atoms with Crippen LogP contribution in [0.3, 0.4) is 0 Å². The van der Waals surface area contributed by atoms with Gasteiger partial charge < -0.3 is 20.3 Å². The minimum Gasteiger partial charge on any atom is -0.454 e. The number of thioether (sulfide) groups is 1. The van der Waals surface area contributed by atoms with Crippen molar-refractivity contribution >= 4 is 35.5 Å². The van der Waals surface area contributed by atoms with E-state index < -0.39 is 24.5 Å². The van der Waals surface area contributed by atoms with Crippen LogP contribution in [-0.2, 0) is 23.9 Å². The molecule has 2 aliphatic rings. The van der Waals surface area contributed by atoms with E-state index in [0.29, 0.717) is 25.1 Å². The van der Waals surface area contributed by atoms with Crippen molar-refractivity contribution in [1.29, 1.82) is 0 Å². The van der Waals surface area contributed by atoms with Crippen LogP contribution in [0.4, 0.5) is 0 Å². The van der Waals surface area contributed by atoms with Crippen molar-refractivity contribution in [3.8, 4) is 0 Å². The van der Waals surface area contributed by atoms with E-state index >= 15 is 0 Å². The van der Waals surface area contributed by atoms with E-state index in [1.165, 1.54) is 0 Å². The number of fused-ring (bicyclic) bond motifs is 1. The first-order chi connectivity index (χ1) is 10.9. The van der Waals surface area contributed by atoms with Gasteiger partial charge >= 0.3 is 5.97 Å². The van der Waals surface area contributed by atoms with Crippen LogP contribution >= 0.6 is 11.8 Å². The Morgan fingerprint density at radius 2 is 2.09 bits per heavy atom. The Balaban J connectivity index is 1.78. The second-order valence-corrected chi connectivity index (χ2v) is 7.11. The molecule has 2 heterocycles. The third-order valence-electron chi connectivity index (χ3n) is 3.88. The Kier molecular flexibility index (Phi) is 5.51. The summed E-state index contributed by atoms with van der Waals surface area (Å²) in [4.78, 5) is 48.1. The van der Waals surface area contributed by atoms with Crippen molar-refractivity contribution < 1.29 is 23.9 Å². The van der Waals surface area contributed by atoms with E-state index in [0.717, 1.165) is 0 Å². The number of hydrogen-bond donors (Lipinski definition) is 2. The van der Waals surface area contributed by atoms with E-state index in [9.17, 15) is 19.2 Å². The number of likely N-dealkylation sites (N-methyl/N-ethyl adjacent to an activating group) is 1. The van der Waals surface area contributed by atoms with Gasteiger partial charge in [0.15, 0.2) is 6.61 Å². The Bertz CT molecular complexity index is 527. The van der Waals surface area contributed by atoms with Crippen LogP contribution in [0, 0.1) is 0 Å². The molecular formula is C14H21N3O5S. The SMILES string of the molecule is CCNC(=O)CNC(=O)COC(=O)[C@@H]1CS[C@@]2(C)CCC(=O)N12. The van der Waals surface area contributed by atoms with Gasteiger partial charge in [-0.15, -0.1) is 11.8 Å². The van der Waals surface area contributed by atoms with Crippen LogP contribution in [0.15, 0.2) is 0 Å². The zero-order chi connectivity index (χ0) is 17.0. The summed E-state index contributed by atoms with van der Waals surface area (Å²) in [5.41, 5.74) is 0. The molecule has 2 aliphatic heterocycles. The molecule has 0 aromatic rings. The van der Waals surface area contributed by atoms with Gasteiger partial charge in [0.1, 0.15) is 6.04 Å². The fourth-order valence-corrected chi connectivity index (χ4v) is 4.13. The molecule has 2 atom stereocenters. The average molecular weight is 343 g/mol. The summed E-state index contributed by atoms with van der Waals surface area (Å²) in [5.74, 6) is -1.02. The molecule has 0 saturated carbocycles. The van der Waals surface area contributed by atoms with Crippen molar-refractivity contribution in [3.63, 3.8) is 0 Å². The fourth-order valence-electron chi connectivity index (χ4n) is 2.72. The number of carbonyl (C=O) groups excluding carboxylic acids is 4. The minimum absolute atomic E-state index is 0.0554. The number of carbonyl (C=O) groups is 4. The van der Waals surface area contributed by atoms with Gasteiger partial charge in [0.05, 0.1) is 11.4 Å². The summed E-state index contributed by atoms with van der Waals surface area (Å²) in [6.45, 7) is 3.57. The first kappa shape index (κ1) is 17.6. The van der Waals surface area contributed by atoms with Crippen molar-refractivity contribution in [2.75, 3.05) is 25.4 Å². The van der Waals surface area contributed by atoms with Gasteiger partial charge in [0, 0.05) is 18.7 Å². The average Bonchev–Trinajstić information content (AvgIpc) is 3.00. The lowest BCUT2D eigenvalue weighted by atomic mass is 10.2. The molecule has 128 valence electrons. The Hall–Kier alpha value is -1.77. The highest BCUT2D eigenvalue weighted by Gasteiger charge is 2.53. The van der Waals surface area contributed by atoms with Crippen LogP contribution in [0.5, 0.6) is 0 Å². The molecule has 0 aromatic carbocycles. The number of ether oxygens (including phenoxy) is 1. The van der Waals surface area contributed by atoms with Gasteiger partial charge in [-0.2, -0.15) is 0 Å². The normalized spacial score (nSPS) is 25.9. The van der Waals surface area contributed by atoms with E-state index in [1.54, 1.807) is 23.6 Å². The Morgan fingerprint density at radius 1 is 1.35 bits per heavy atom. The molecule has 0 unspecified atom stereocenters. The number of esters is 1. The second kappa shape index (κ2) is 7.20. The van der Waals surface area contributed by atoms with Gasteiger partial charge in [-0.05, 0) is 20.3 Å². The maximum absolute atomic E-state index is 12.1. The summed E-state index contributed by atoms with van der Waals surface area (Å²) in [7, 11) is 0. The van der Waals surface area contributed by atoms with Crippen LogP contribution in [0.2, 0.25) is 0 Å². The maximum atomic E-state index is 12.1. The van der Waals surface area contributed by atoms with E-state index in [4.69, 9.17) is 4.74 Å². The molecule has 9 heteroatoms. The molecule has 2 N–H and O–H groups in total. The summed E-state index contributed by atoms with van der Waals surface area (Å²) < 4.78 is 4.99. The molecule has 0 radical (unpaired) electrons. The molecule has 0 aromatic heterocycles. The molecule has 2 fully saturated rings. The van der Waals surface area contributed by atoms with Crippen molar-refractivity contribution in [1.82, 2.24) is 15.5 Å². The van der Waals surface area contributed by atoms with Crippen molar-refractivity contribution in [2.45, 2.75) is 37.6 Å². The predicted molar refractivity (Wildman–Crippen MR) is 83.4 cm³/mol. The van der Waals surface area contributed by atoms with Crippen LogP contribution in [-0.4, -0.2) is 65.0 Å². The van der Waals surface area contributed by atoms with Crippen LogP contribution in [0.1, 0.15) is 26.7 Å². The van der Waals surface area contributed by atoms with Crippen LogP contribution < -0.4 is 10.6 Å². The topological polar surface area (TPSA) is 105 Å². The van der Waals surface area contributed by atoms with Gasteiger partial charge in [0.25, 0.3) is 5.91 Å². The molecular weight excluding hydrogens is 322 g/mol. The minimum atomic E-state index is -0.642. The molecule has 0 bridgehead atoms. The molecule has 8 nitrogen and oxygen atoms in total. The third-order valence-corrected chi connectivity index (χ3v) is 5.39. The van der Waals surface area contributed by atoms with Gasteiger partial charge in [-0.25, -0.2) is 4.79 Å². The lowest BCUT2D eigenvalue weighted by Crippen LogP contribution is -2.47. The van der Waals surface area contributed by atoms with Crippen LogP contribution in [0.25, 0.3) is 0 Å². The van der Waals surface area contributed by atoms with Gasteiger partial charge in [-0.3, -0.25) is 14.4 Å². The summed E-state index contributed by atoms with van der Waals surface area (Å²) in [5, 5.41) is 4.90. The van der Waals surface area contributed by atoms with E-state index in [-0.39, 0.29) is 23.2 Å². The highest BCUT2D eigenvalue weighted by molar-refractivity contribution is 8.01. The zero-order valence-electron chi connectivity index (χ0n) is 13.2. The number of nitrogens with one attached hydrogen (secondary N) is 2. The van der Waals surface area contributed by atoms with Crippen molar-refractivity contribution in [3.05, 3.63) is 0 Å². The maximum Gasteiger partial charge on any atom is 0.330 e. The van der Waals surface area contributed by atoms with E-state index in [1.807, 2.05) is 6.92 Å². The van der Waals surface area contributed by atoms with Crippen molar-refractivity contribution in [2.24, 2.45) is 0 Å². The quantitative estimate of drug-likeness (QED) is 0.614. The highest BCUT2D eigenvalue weighted by Crippen LogP contribution is 2.47. The zero-order valence-corrected chi connectivity index (χ0v) is 14.0. The molecule has 0 aliphatic carbocycles. The molecule has 2 saturated heterocycles. The lowest BCUT2D eigenvalue weighted by Gasteiger charge is -2.29. The monoisotopic (exact) mass is 343 g/mol. The second-order valence-electron chi connectivity index (χ2n) is 5.60. The predicted octanol–water partition coefficient (Wildman–Crippen LogP) is -0.764. The standard InChI is InChI=1S/C14H21N3O5S/c1-3-15-10(18)6-16-11(19)7-22-13(21)9-8-23-14(2)5-4-12(20)17(9)14/h9H,3-8H2,1-2H3,(H,15,18)(H,16,19)/t9-,14-/m0/s1. The lowest BCUT2D eigenvalue weighted by molar-refractivity contribution is -0.156. The highest BCUT2D eigenvalue weighted by atomic mass is 32.2. The third kappa shape index (κ3) is 3.95. The summed E-state index contributed by atoms with van der Waals surface area (Å²) in [6.07, 6.45) is 1.15. The summed E-state index contributed by atoms with van der Waals surface area (Å²) >= 11 is 1.56. The van der Waals surface area contributed by atoms with E-state index in [2.05, 4.69) is 10.6 Å². The number of hydrogen-bond acceptors (Lipinski definition) is 6. The first-order valence-electron chi connectivity index (χ1n) is 7.53. The molecule has 0 spiro atoms. The first-order valence-corrected chi connectivity index (χ1v) is 8.52. The number of rotatable bonds is 6. The fraction of sp³-hybridized carbons (Fsp3) is 0.714. The molecule has 3 amide bonds. The Morgan fingerprint density at radius 3 is 2.78 bits per heavy atom. The number of nitrogens with zero attached hydrogens (tertiary/aromatic N) is 1. The van der Waals surface area contributed by atoms with Gasteiger partial charge in [-0.1, -0.05) is 0 Å². The smallest absolute Gasteiger partial charge is 0.330 e. The largest absolute Gasteiger partial charge is 0.454 e. The summed E-state index contributed by atoms with van der Waals surface area (Å²) in [6, 6.07) is -0.642. The Labute approximate surface area is 138 Å². The van der Waals surface area contributed by atoms with Gasteiger partial charge in [0.2, 0.25) is 11.8 Å². The molecule has 2 rings (SSSR count).